The van der Waals surface area contributed by atoms with E-state index in [0.29, 0.717) is 28.8 Å². The van der Waals surface area contributed by atoms with Crippen LogP contribution in [0.4, 0.5) is 11.4 Å². The Morgan fingerprint density at radius 1 is 1.04 bits per heavy atom. The zero-order valence-electron chi connectivity index (χ0n) is 13.4. The lowest BCUT2D eigenvalue weighted by Gasteiger charge is -2.35. The first-order chi connectivity index (χ1) is 12.0. The number of ether oxygens (including phenoxy) is 1. The van der Waals surface area contributed by atoms with Gasteiger partial charge in [-0.05, 0) is 61.6 Å². The van der Waals surface area contributed by atoms with Crippen molar-refractivity contribution in [2.24, 2.45) is 0 Å². The number of carbonyl (C=O) groups is 2. The van der Waals surface area contributed by atoms with Crippen molar-refractivity contribution < 1.29 is 14.3 Å². The molecule has 7 heteroatoms. The van der Waals surface area contributed by atoms with Crippen molar-refractivity contribution in [3.8, 4) is 5.75 Å². The van der Waals surface area contributed by atoms with Crippen LogP contribution in [0.3, 0.4) is 0 Å². The molecule has 128 valence electrons. The van der Waals surface area contributed by atoms with Gasteiger partial charge in [-0.2, -0.15) is 0 Å². The highest BCUT2D eigenvalue weighted by Crippen LogP contribution is 2.29. The molecule has 0 unspecified atom stereocenters. The maximum Gasteiger partial charge on any atom is 0.242 e. The molecule has 2 aromatic carbocycles. The number of hydrogen-bond donors (Lipinski definition) is 0. The van der Waals surface area contributed by atoms with Crippen LogP contribution in [-0.2, 0) is 9.59 Å². The molecule has 5 nitrogen and oxygen atoms in total. The lowest BCUT2D eigenvalue weighted by molar-refractivity contribution is -0.126. The number of benzene rings is 2. The van der Waals surface area contributed by atoms with Crippen molar-refractivity contribution in [1.29, 1.82) is 0 Å². The monoisotopic (exact) mass is 374 g/mol. The summed E-state index contributed by atoms with van der Waals surface area (Å²) in [5.41, 5.74) is 1.11. The van der Waals surface area contributed by atoms with Crippen LogP contribution in [-0.4, -0.2) is 23.5 Å². The molecule has 0 radical (unpaired) electrons. The topological polar surface area (TPSA) is 49.9 Å². The summed E-state index contributed by atoms with van der Waals surface area (Å²) in [5.74, 6) is -0.0405. The minimum Gasteiger partial charge on any atom is -0.494 e. The lowest BCUT2D eigenvalue weighted by Crippen LogP contribution is -2.55. The second-order valence-electron chi connectivity index (χ2n) is 5.32. The summed E-state index contributed by atoms with van der Waals surface area (Å²) in [6.07, 6.45) is -0.264. The van der Waals surface area contributed by atoms with E-state index in [1.807, 2.05) is 6.92 Å². The molecule has 2 amide bonds. The summed E-state index contributed by atoms with van der Waals surface area (Å²) in [6, 6.07) is 13.8. The van der Waals surface area contributed by atoms with Gasteiger partial charge in [-0.1, -0.05) is 17.7 Å². The maximum absolute atomic E-state index is 12.4. The first-order valence-electron chi connectivity index (χ1n) is 7.69. The van der Waals surface area contributed by atoms with Gasteiger partial charge in [-0.3, -0.25) is 19.4 Å². The summed E-state index contributed by atoms with van der Waals surface area (Å²) in [5, 5.41) is 0.588. The second-order valence-corrected chi connectivity index (χ2v) is 6.13. The molecule has 1 aliphatic rings. The summed E-state index contributed by atoms with van der Waals surface area (Å²) in [4.78, 5) is 27.5. The van der Waals surface area contributed by atoms with E-state index in [1.54, 1.807) is 48.5 Å². The minimum atomic E-state index is -0.376. The molecule has 25 heavy (non-hydrogen) atoms. The van der Waals surface area contributed by atoms with Gasteiger partial charge in [-0.15, -0.1) is 0 Å². The molecule has 1 saturated heterocycles. The molecule has 3 rings (SSSR count). The van der Waals surface area contributed by atoms with Gasteiger partial charge in [0.25, 0.3) is 0 Å². The van der Waals surface area contributed by atoms with Crippen LogP contribution in [0.25, 0.3) is 0 Å². The van der Waals surface area contributed by atoms with E-state index >= 15 is 0 Å². The smallest absolute Gasteiger partial charge is 0.242 e. The minimum absolute atomic E-state index is 0.104. The van der Waals surface area contributed by atoms with Crippen molar-refractivity contribution in [2.75, 3.05) is 16.4 Å². The Morgan fingerprint density at radius 3 is 2.28 bits per heavy atom. The van der Waals surface area contributed by atoms with Crippen LogP contribution in [0.1, 0.15) is 13.3 Å². The zero-order valence-corrected chi connectivity index (χ0v) is 15.0. The number of anilines is 2. The average Bonchev–Trinajstić information content (AvgIpc) is 2.56. The Kier molecular flexibility index (Phi) is 5.01. The predicted molar refractivity (Wildman–Crippen MR) is 101 cm³/mol. The van der Waals surface area contributed by atoms with E-state index in [4.69, 9.17) is 28.6 Å². The number of thiocarbonyl (C=S) groups is 1. The molecule has 0 spiro atoms. The van der Waals surface area contributed by atoms with Gasteiger partial charge in [0, 0.05) is 5.02 Å². The first-order valence-corrected chi connectivity index (χ1v) is 8.48. The fraction of sp³-hybridized carbons (Fsp3) is 0.167. The summed E-state index contributed by atoms with van der Waals surface area (Å²) >= 11 is 11.4. The molecule has 0 saturated carbocycles. The highest BCUT2D eigenvalue weighted by Gasteiger charge is 2.36. The van der Waals surface area contributed by atoms with Crippen molar-refractivity contribution in [3.05, 3.63) is 53.6 Å². The largest absolute Gasteiger partial charge is 0.494 e. The Bertz CT molecular complexity index is 838. The number of hydrogen-bond acceptors (Lipinski definition) is 4. The molecule has 0 N–H and O–H groups in total. The number of carbonyl (C=O) groups excluding carboxylic acids is 2. The summed E-state index contributed by atoms with van der Waals surface area (Å²) in [7, 11) is 0. The molecule has 0 atom stereocenters. The zero-order chi connectivity index (χ0) is 18.0. The maximum atomic E-state index is 12.4. The van der Waals surface area contributed by atoms with Gasteiger partial charge < -0.3 is 4.74 Å². The molecule has 2 aromatic rings. The van der Waals surface area contributed by atoms with E-state index in [2.05, 4.69) is 0 Å². The van der Waals surface area contributed by atoms with Gasteiger partial charge in [-0.25, -0.2) is 0 Å². The van der Waals surface area contributed by atoms with Gasteiger partial charge >= 0.3 is 0 Å². The quantitative estimate of drug-likeness (QED) is 0.603. The predicted octanol–water partition coefficient (Wildman–Crippen LogP) is 3.79. The van der Waals surface area contributed by atoms with E-state index < -0.39 is 0 Å². The highest BCUT2D eigenvalue weighted by molar-refractivity contribution is 7.81. The van der Waals surface area contributed by atoms with Crippen LogP contribution in [0, 0.1) is 0 Å². The van der Waals surface area contributed by atoms with E-state index in [1.165, 1.54) is 9.80 Å². The van der Waals surface area contributed by atoms with E-state index in [9.17, 15) is 9.59 Å². The Labute approximate surface area is 155 Å². The van der Waals surface area contributed by atoms with Crippen molar-refractivity contribution in [1.82, 2.24) is 0 Å². The van der Waals surface area contributed by atoms with Gasteiger partial charge in [0.15, 0.2) is 5.11 Å². The Morgan fingerprint density at radius 2 is 1.68 bits per heavy atom. The van der Waals surface area contributed by atoms with E-state index in [-0.39, 0.29) is 23.3 Å². The van der Waals surface area contributed by atoms with Crippen LogP contribution in [0.15, 0.2) is 48.5 Å². The van der Waals surface area contributed by atoms with Crippen molar-refractivity contribution in [3.63, 3.8) is 0 Å². The molecule has 0 bridgehead atoms. The average molecular weight is 375 g/mol. The van der Waals surface area contributed by atoms with Crippen molar-refractivity contribution >= 4 is 52.1 Å². The molecular formula is C18H15ClN2O3S. The molecule has 0 aromatic heterocycles. The van der Waals surface area contributed by atoms with E-state index in [0.717, 1.165) is 0 Å². The Hall–Kier alpha value is -2.44. The van der Waals surface area contributed by atoms with Crippen molar-refractivity contribution in [2.45, 2.75) is 13.3 Å². The molecule has 1 fully saturated rings. The molecule has 1 heterocycles. The number of rotatable bonds is 4. The second kappa shape index (κ2) is 7.21. The third-order valence-electron chi connectivity index (χ3n) is 3.66. The summed E-state index contributed by atoms with van der Waals surface area (Å²) < 4.78 is 5.41. The van der Waals surface area contributed by atoms with Crippen LogP contribution >= 0.6 is 23.8 Å². The molecular weight excluding hydrogens is 360 g/mol. The van der Waals surface area contributed by atoms with Gasteiger partial charge in [0.05, 0.1) is 18.0 Å². The highest BCUT2D eigenvalue weighted by atomic mass is 35.5. The Balaban J connectivity index is 1.95. The normalized spacial score (nSPS) is 14.9. The third-order valence-corrected chi connectivity index (χ3v) is 4.26. The fourth-order valence-corrected chi connectivity index (χ4v) is 3.18. The fourth-order valence-electron chi connectivity index (χ4n) is 2.58. The first kappa shape index (κ1) is 17.4. The van der Waals surface area contributed by atoms with Gasteiger partial charge in [0.1, 0.15) is 12.2 Å². The third kappa shape index (κ3) is 3.50. The summed E-state index contributed by atoms with van der Waals surface area (Å²) in [6.45, 7) is 2.45. The standard InChI is InChI=1S/C18H15ClN2O3S/c1-2-24-15-8-6-13(7-9-15)20-16(22)11-17(23)21(18(20)25)14-5-3-4-12(19)10-14/h3-10H,2,11H2,1H3. The lowest BCUT2D eigenvalue weighted by atomic mass is 10.2. The van der Waals surface area contributed by atoms with Gasteiger partial charge in [0.2, 0.25) is 11.8 Å². The van der Waals surface area contributed by atoms with Crippen LogP contribution in [0.5, 0.6) is 5.75 Å². The van der Waals surface area contributed by atoms with Crippen LogP contribution < -0.4 is 14.5 Å². The number of amides is 2. The number of halogens is 1. The SMILES string of the molecule is CCOc1ccc(N2C(=O)CC(=O)N(c3cccc(Cl)c3)C2=S)cc1. The number of nitrogens with zero attached hydrogens (tertiary/aromatic N) is 2. The molecule has 1 aliphatic heterocycles. The van der Waals surface area contributed by atoms with Crippen LogP contribution in [0.2, 0.25) is 5.02 Å². The molecule has 0 aliphatic carbocycles.